The van der Waals surface area contributed by atoms with Crippen LogP contribution in [-0.2, 0) is 4.79 Å². The molecule has 0 aliphatic carbocycles. The minimum atomic E-state index is 0.291. The van der Waals surface area contributed by atoms with Crippen molar-refractivity contribution in [2.75, 3.05) is 12.4 Å². The molecule has 0 bridgehead atoms. The molecule has 1 rings (SSSR count). The molecule has 1 fully saturated rings. The molecular weight excluding hydrogens is 186 g/mol. The number of carbonyl (C=O) groups is 1. The molecule has 76 valence electrons. The largest absolute Gasteiger partial charge is 0.339 e. The molecule has 0 spiro atoms. The van der Waals surface area contributed by atoms with Gasteiger partial charge in [0.1, 0.15) is 0 Å². The Kier molecular flexibility index (Phi) is 4.04. The average Bonchev–Trinajstić information content (AvgIpc) is 2.50. The summed E-state index contributed by atoms with van der Waals surface area (Å²) in [5, 5.41) is 0. The third-order valence-corrected chi connectivity index (χ3v) is 3.28. The van der Waals surface area contributed by atoms with E-state index in [9.17, 15) is 4.79 Å². The lowest BCUT2D eigenvalue weighted by Crippen LogP contribution is -2.35. The Morgan fingerprint density at radius 2 is 2.15 bits per heavy atom. The summed E-state index contributed by atoms with van der Waals surface area (Å²) >= 11 is 5.75. The SMILES string of the molecule is CCC(CC)N1CC(CCl)CC1=O. The molecule has 13 heavy (non-hydrogen) atoms. The molecule has 0 aromatic carbocycles. The molecule has 0 N–H and O–H groups in total. The Hall–Kier alpha value is -0.240. The number of carbonyl (C=O) groups excluding carboxylic acids is 1. The van der Waals surface area contributed by atoms with Crippen LogP contribution >= 0.6 is 11.6 Å². The molecule has 1 saturated heterocycles. The fraction of sp³-hybridized carbons (Fsp3) is 0.900. The molecule has 0 aromatic heterocycles. The maximum absolute atomic E-state index is 11.6. The smallest absolute Gasteiger partial charge is 0.223 e. The van der Waals surface area contributed by atoms with Crippen LogP contribution < -0.4 is 0 Å². The first-order chi connectivity index (χ1) is 6.22. The van der Waals surface area contributed by atoms with E-state index < -0.39 is 0 Å². The van der Waals surface area contributed by atoms with Crippen LogP contribution in [0.4, 0.5) is 0 Å². The van der Waals surface area contributed by atoms with E-state index in [1.807, 2.05) is 4.90 Å². The van der Waals surface area contributed by atoms with Gasteiger partial charge in [-0.15, -0.1) is 11.6 Å². The number of amides is 1. The predicted molar refractivity (Wildman–Crippen MR) is 54.9 cm³/mol. The van der Waals surface area contributed by atoms with Crippen molar-refractivity contribution < 1.29 is 4.79 Å². The Morgan fingerprint density at radius 3 is 2.54 bits per heavy atom. The zero-order valence-electron chi connectivity index (χ0n) is 8.42. The summed E-state index contributed by atoms with van der Waals surface area (Å²) in [5.41, 5.74) is 0. The van der Waals surface area contributed by atoms with Gasteiger partial charge in [0.05, 0.1) is 0 Å². The molecule has 0 aromatic rings. The van der Waals surface area contributed by atoms with Crippen molar-refractivity contribution in [1.29, 1.82) is 0 Å². The second-order valence-corrected chi connectivity index (χ2v) is 4.05. The highest BCUT2D eigenvalue weighted by atomic mass is 35.5. The number of halogens is 1. The third kappa shape index (κ3) is 2.37. The van der Waals surface area contributed by atoms with Crippen LogP contribution in [0.1, 0.15) is 33.1 Å². The molecule has 1 aliphatic heterocycles. The van der Waals surface area contributed by atoms with Crippen molar-refractivity contribution in [2.45, 2.75) is 39.2 Å². The standard InChI is InChI=1S/C10H18ClNO/c1-3-9(4-2)12-7-8(6-11)5-10(12)13/h8-9H,3-7H2,1-2H3. The van der Waals surface area contributed by atoms with Gasteiger partial charge in [0, 0.05) is 24.9 Å². The van der Waals surface area contributed by atoms with Crippen molar-refractivity contribution in [3.8, 4) is 0 Å². The van der Waals surface area contributed by atoms with Crippen LogP contribution in [0.3, 0.4) is 0 Å². The maximum Gasteiger partial charge on any atom is 0.223 e. The van der Waals surface area contributed by atoms with Gasteiger partial charge in [-0.1, -0.05) is 13.8 Å². The zero-order valence-corrected chi connectivity index (χ0v) is 9.18. The van der Waals surface area contributed by atoms with E-state index in [1.165, 1.54) is 0 Å². The molecular formula is C10H18ClNO. The third-order valence-electron chi connectivity index (χ3n) is 2.84. The molecule has 0 saturated carbocycles. The van der Waals surface area contributed by atoms with E-state index >= 15 is 0 Å². The van der Waals surface area contributed by atoms with Gasteiger partial charge in [0.25, 0.3) is 0 Å². The van der Waals surface area contributed by atoms with Gasteiger partial charge in [0.2, 0.25) is 5.91 Å². The van der Waals surface area contributed by atoms with Crippen molar-refractivity contribution >= 4 is 17.5 Å². The van der Waals surface area contributed by atoms with E-state index in [0.717, 1.165) is 19.4 Å². The topological polar surface area (TPSA) is 20.3 Å². The van der Waals surface area contributed by atoms with E-state index in [0.29, 0.717) is 30.2 Å². The Morgan fingerprint density at radius 1 is 1.54 bits per heavy atom. The van der Waals surface area contributed by atoms with Crippen LogP contribution in [0, 0.1) is 5.92 Å². The van der Waals surface area contributed by atoms with E-state index in [1.54, 1.807) is 0 Å². The number of hydrogen-bond acceptors (Lipinski definition) is 1. The molecule has 1 aliphatic rings. The van der Waals surface area contributed by atoms with Crippen molar-refractivity contribution in [3.63, 3.8) is 0 Å². The molecule has 1 amide bonds. The highest BCUT2D eigenvalue weighted by Crippen LogP contribution is 2.23. The van der Waals surface area contributed by atoms with Gasteiger partial charge < -0.3 is 4.90 Å². The summed E-state index contributed by atoms with van der Waals surface area (Å²) < 4.78 is 0. The van der Waals surface area contributed by atoms with Crippen molar-refractivity contribution in [3.05, 3.63) is 0 Å². The lowest BCUT2D eigenvalue weighted by molar-refractivity contribution is -0.129. The molecule has 1 atom stereocenters. The Labute approximate surface area is 85.2 Å². The Balaban J connectivity index is 2.55. The molecule has 3 heteroatoms. The normalized spacial score (nSPS) is 23.2. The van der Waals surface area contributed by atoms with E-state index in [-0.39, 0.29) is 0 Å². The summed E-state index contributed by atoms with van der Waals surface area (Å²) in [4.78, 5) is 13.6. The lowest BCUT2D eigenvalue weighted by atomic mass is 10.1. The van der Waals surface area contributed by atoms with Crippen LogP contribution in [0.5, 0.6) is 0 Å². The summed E-state index contributed by atoms with van der Waals surface area (Å²) in [7, 11) is 0. The molecule has 1 unspecified atom stereocenters. The summed E-state index contributed by atoms with van der Waals surface area (Å²) in [5.74, 6) is 1.29. The van der Waals surface area contributed by atoms with E-state index in [4.69, 9.17) is 11.6 Å². The van der Waals surface area contributed by atoms with Crippen LogP contribution in [0.15, 0.2) is 0 Å². The minimum Gasteiger partial charge on any atom is -0.339 e. The first kappa shape index (κ1) is 10.8. The van der Waals surface area contributed by atoms with Gasteiger partial charge in [-0.25, -0.2) is 0 Å². The van der Waals surface area contributed by atoms with Crippen LogP contribution in [0.25, 0.3) is 0 Å². The average molecular weight is 204 g/mol. The number of likely N-dealkylation sites (tertiary alicyclic amines) is 1. The number of nitrogens with zero attached hydrogens (tertiary/aromatic N) is 1. The van der Waals surface area contributed by atoms with Gasteiger partial charge in [-0.3, -0.25) is 4.79 Å². The molecule has 0 radical (unpaired) electrons. The fourth-order valence-electron chi connectivity index (χ4n) is 1.99. The number of hydrogen-bond donors (Lipinski definition) is 0. The second kappa shape index (κ2) is 4.85. The summed E-state index contributed by atoms with van der Waals surface area (Å²) in [6.45, 7) is 5.14. The molecule has 1 heterocycles. The maximum atomic E-state index is 11.6. The first-order valence-electron chi connectivity index (χ1n) is 5.08. The van der Waals surface area contributed by atoms with Crippen molar-refractivity contribution in [1.82, 2.24) is 4.90 Å². The van der Waals surface area contributed by atoms with Gasteiger partial charge in [-0.2, -0.15) is 0 Å². The molecule has 2 nitrogen and oxygen atoms in total. The van der Waals surface area contributed by atoms with Gasteiger partial charge >= 0.3 is 0 Å². The minimum absolute atomic E-state index is 0.291. The highest BCUT2D eigenvalue weighted by Gasteiger charge is 2.32. The van der Waals surface area contributed by atoms with Crippen molar-refractivity contribution in [2.24, 2.45) is 5.92 Å². The first-order valence-corrected chi connectivity index (χ1v) is 5.61. The monoisotopic (exact) mass is 203 g/mol. The van der Waals surface area contributed by atoms with Gasteiger partial charge in [0.15, 0.2) is 0 Å². The zero-order chi connectivity index (χ0) is 9.84. The second-order valence-electron chi connectivity index (χ2n) is 3.74. The van der Waals surface area contributed by atoms with E-state index in [2.05, 4.69) is 13.8 Å². The fourth-order valence-corrected chi connectivity index (χ4v) is 2.20. The van der Waals surface area contributed by atoms with Gasteiger partial charge in [-0.05, 0) is 18.8 Å². The highest BCUT2D eigenvalue weighted by molar-refractivity contribution is 6.18. The summed E-state index contributed by atoms with van der Waals surface area (Å²) in [6.07, 6.45) is 2.76. The summed E-state index contributed by atoms with van der Waals surface area (Å²) in [6, 6.07) is 0.431. The lowest BCUT2D eigenvalue weighted by Gasteiger charge is -2.25. The van der Waals surface area contributed by atoms with Crippen LogP contribution in [0.2, 0.25) is 0 Å². The Bertz CT molecular complexity index is 180. The predicted octanol–water partition coefficient (Wildman–Crippen LogP) is 2.26. The number of rotatable bonds is 4. The number of alkyl halides is 1. The quantitative estimate of drug-likeness (QED) is 0.642. The van der Waals surface area contributed by atoms with Crippen LogP contribution in [-0.4, -0.2) is 29.3 Å².